The molecule has 1 aromatic carbocycles. The third-order valence-corrected chi connectivity index (χ3v) is 2.84. The average molecular weight is 251 g/mol. The lowest BCUT2D eigenvalue weighted by atomic mass is 10.1. The Hall–Kier alpha value is -1.75. The van der Waals surface area contributed by atoms with Gasteiger partial charge in [0.1, 0.15) is 12.4 Å². The van der Waals surface area contributed by atoms with Crippen molar-refractivity contribution in [1.82, 2.24) is 5.32 Å². The van der Waals surface area contributed by atoms with E-state index in [4.69, 9.17) is 9.47 Å². The van der Waals surface area contributed by atoms with Crippen LogP contribution in [0.25, 0.3) is 0 Å². The van der Waals surface area contributed by atoms with Crippen molar-refractivity contribution in [2.75, 3.05) is 13.2 Å². The van der Waals surface area contributed by atoms with Crippen molar-refractivity contribution in [3.05, 3.63) is 29.8 Å². The highest BCUT2D eigenvalue weighted by molar-refractivity contribution is 5.69. The predicted molar refractivity (Wildman–Crippen MR) is 65.5 cm³/mol. The number of aliphatic hydroxyl groups is 1. The molecule has 0 aromatic heterocycles. The van der Waals surface area contributed by atoms with Crippen LogP contribution in [0.3, 0.4) is 0 Å². The van der Waals surface area contributed by atoms with Gasteiger partial charge in [-0.05, 0) is 12.5 Å². The van der Waals surface area contributed by atoms with E-state index in [1.54, 1.807) is 6.07 Å². The molecule has 5 nitrogen and oxygen atoms in total. The maximum absolute atomic E-state index is 10.9. The Labute approximate surface area is 106 Å². The zero-order chi connectivity index (χ0) is 13.0. The van der Waals surface area contributed by atoms with Crippen LogP contribution in [-0.4, -0.2) is 30.5 Å². The third-order valence-electron chi connectivity index (χ3n) is 2.84. The van der Waals surface area contributed by atoms with E-state index in [2.05, 4.69) is 5.32 Å². The quantitative estimate of drug-likeness (QED) is 0.834. The molecule has 0 spiro atoms. The first-order valence-corrected chi connectivity index (χ1v) is 6.05. The van der Waals surface area contributed by atoms with Crippen molar-refractivity contribution >= 4 is 6.09 Å². The molecule has 0 bridgehead atoms. The van der Waals surface area contributed by atoms with Crippen LogP contribution in [0.15, 0.2) is 24.3 Å². The summed E-state index contributed by atoms with van der Waals surface area (Å²) in [5.74, 6) is 0.634. The number of benzene rings is 1. The molecule has 1 aromatic rings. The summed E-state index contributed by atoms with van der Waals surface area (Å²) >= 11 is 0. The number of hydrogen-bond acceptors (Lipinski definition) is 4. The molecular formula is C13H17NO4. The number of hydrogen-bond donors (Lipinski definition) is 2. The Morgan fingerprint density at radius 2 is 2.33 bits per heavy atom. The summed E-state index contributed by atoms with van der Waals surface area (Å²) in [7, 11) is 0. The number of nitrogens with one attached hydrogen (secondary N) is 1. The summed E-state index contributed by atoms with van der Waals surface area (Å²) in [6.07, 6.45) is -0.597. The molecule has 1 saturated heterocycles. The second kappa shape index (κ2) is 5.73. The maximum Gasteiger partial charge on any atom is 0.407 e. The summed E-state index contributed by atoms with van der Waals surface area (Å²) in [6.45, 7) is 2.65. The van der Waals surface area contributed by atoms with E-state index >= 15 is 0 Å². The molecule has 1 unspecified atom stereocenters. The van der Waals surface area contributed by atoms with Crippen LogP contribution in [0.4, 0.5) is 4.79 Å². The van der Waals surface area contributed by atoms with Gasteiger partial charge in [0.15, 0.2) is 6.10 Å². The molecule has 0 saturated carbocycles. The summed E-state index contributed by atoms with van der Waals surface area (Å²) < 4.78 is 10.6. The second-order valence-electron chi connectivity index (χ2n) is 4.18. The maximum atomic E-state index is 10.9. The third kappa shape index (κ3) is 2.92. The minimum atomic E-state index is -0.537. The summed E-state index contributed by atoms with van der Waals surface area (Å²) in [5.41, 5.74) is 0.761. The molecule has 2 rings (SSSR count). The number of ether oxygens (including phenoxy) is 2. The van der Waals surface area contributed by atoms with Crippen LogP contribution in [0.1, 0.15) is 25.0 Å². The van der Waals surface area contributed by atoms with Crippen molar-refractivity contribution in [2.45, 2.75) is 25.6 Å². The minimum Gasteiger partial charge on any atom is -0.489 e. The SMILES string of the molecule is CC[C@H](O)c1ccccc1OCC1CNC(=O)O1. The molecule has 2 atom stereocenters. The molecule has 98 valence electrons. The van der Waals surface area contributed by atoms with Crippen LogP contribution in [0.5, 0.6) is 5.75 Å². The number of cyclic esters (lactones) is 1. The van der Waals surface area contributed by atoms with Crippen molar-refractivity contribution in [3.63, 3.8) is 0 Å². The van der Waals surface area contributed by atoms with Gasteiger partial charge in [0.2, 0.25) is 0 Å². The van der Waals surface area contributed by atoms with Gasteiger partial charge in [-0.2, -0.15) is 0 Å². The van der Waals surface area contributed by atoms with Crippen molar-refractivity contribution in [3.8, 4) is 5.75 Å². The smallest absolute Gasteiger partial charge is 0.407 e. The molecular weight excluding hydrogens is 234 g/mol. The number of carbonyl (C=O) groups excluding carboxylic acids is 1. The molecule has 0 radical (unpaired) electrons. The fourth-order valence-corrected chi connectivity index (χ4v) is 1.81. The molecule has 1 fully saturated rings. The highest BCUT2D eigenvalue weighted by Gasteiger charge is 2.23. The average Bonchev–Trinajstić information content (AvgIpc) is 2.81. The summed E-state index contributed by atoms with van der Waals surface area (Å²) in [6, 6.07) is 7.35. The Kier molecular flexibility index (Phi) is 4.04. The first kappa shape index (κ1) is 12.7. The largest absolute Gasteiger partial charge is 0.489 e. The van der Waals surface area contributed by atoms with Crippen LogP contribution in [0.2, 0.25) is 0 Å². The van der Waals surface area contributed by atoms with E-state index in [-0.39, 0.29) is 12.7 Å². The van der Waals surface area contributed by atoms with E-state index in [1.165, 1.54) is 0 Å². The van der Waals surface area contributed by atoms with Gasteiger partial charge in [0, 0.05) is 5.56 Å². The fourth-order valence-electron chi connectivity index (χ4n) is 1.81. The highest BCUT2D eigenvalue weighted by atomic mass is 16.6. The van der Waals surface area contributed by atoms with Gasteiger partial charge in [-0.25, -0.2) is 4.79 Å². The zero-order valence-electron chi connectivity index (χ0n) is 10.3. The molecule has 1 amide bonds. The first-order valence-electron chi connectivity index (χ1n) is 6.05. The molecule has 0 aliphatic carbocycles. The van der Waals surface area contributed by atoms with Gasteiger partial charge in [0.05, 0.1) is 12.6 Å². The number of amides is 1. The minimum absolute atomic E-state index is 0.274. The predicted octanol–water partition coefficient (Wildman–Crippen LogP) is 1.62. The lowest BCUT2D eigenvalue weighted by Gasteiger charge is -2.16. The topological polar surface area (TPSA) is 67.8 Å². The normalized spacial score (nSPS) is 20.1. The van der Waals surface area contributed by atoms with Crippen LogP contribution < -0.4 is 10.1 Å². The summed E-state index contributed by atoms with van der Waals surface area (Å²) in [5, 5.41) is 12.4. The number of carbonyl (C=O) groups is 1. The van der Waals surface area contributed by atoms with Crippen molar-refractivity contribution in [2.24, 2.45) is 0 Å². The Bertz CT molecular complexity index is 421. The Balaban J connectivity index is 1.98. The molecule has 5 heteroatoms. The van der Waals surface area contributed by atoms with E-state index in [0.29, 0.717) is 18.7 Å². The van der Waals surface area contributed by atoms with Crippen LogP contribution in [-0.2, 0) is 4.74 Å². The molecule has 2 N–H and O–H groups in total. The zero-order valence-corrected chi connectivity index (χ0v) is 10.3. The number of rotatable bonds is 5. The van der Waals surface area contributed by atoms with Gasteiger partial charge in [-0.1, -0.05) is 25.1 Å². The Morgan fingerprint density at radius 1 is 1.56 bits per heavy atom. The van der Waals surface area contributed by atoms with Gasteiger partial charge >= 0.3 is 6.09 Å². The van der Waals surface area contributed by atoms with Gasteiger partial charge in [-0.15, -0.1) is 0 Å². The molecule has 1 aliphatic rings. The van der Waals surface area contributed by atoms with Gasteiger partial charge < -0.3 is 19.9 Å². The number of alkyl carbamates (subject to hydrolysis) is 1. The van der Waals surface area contributed by atoms with Crippen molar-refractivity contribution in [1.29, 1.82) is 0 Å². The standard InChI is InChI=1S/C13H17NO4/c1-2-11(15)10-5-3-4-6-12(10)17-8-9-7-14-13(16)18-9/h3-6,9,11,15H,2,7-8H2,1H3,(H,14,16)/t9?,11-/m0/s1. The lowest BCUT2D eigenvalue weighted by molar-refractivity contribution is 0.102. The second-order valence-corrected chi connectivity index (χ2v) is 4.18. The van der Waals surface area contributed by atoms with Crippen molar-refractivity contribution < 1.29 is 19.4 Å². The van der Waals surface area contributed by atoms with E-state index in [1.807, 2.05) is 25.1 Å². The number of aliphatic hydroxyl groups excluding tert-OH is 1. The monoisotopic (exact) mass is 251 g/mol. The van der Waals surface area contributed by atoms with Crippen LogP contribution >= 0.6 is 0 Å². The molecule has 1 aliphatic heterocycles. The van der Waals surface area contributed by atoms with Crippen LogP contribution in [0, 0.1) is 0 Å². The highest BCUT2D eigenvalue weighted by Crippen LogP contribution is 2.27. The fraction of sp³-hybridized carbons (Fsp3) is 0.462. The Morgan fingerprint density at radius 3 is 3.00 bits per heavy atom. The van der Waals surface area contributed by atoms with E-state index in [9.17, 15) is 9.90 Å². The first-order chi connectivity index (χ1) is 8.70. The van der Waals surface area contributed by atoms with E-state index < -0.39 is 12.2 Å². The lowest BCUT2D eigenvalue weighted by Crippen LogP contribution is -2.22. The van der Waals surface area contributed by atoms with Gasteiger partial charge in [-0.3, -0.25) is 0 Å². The van der Waals surface area contributed by atoms with Gasteiger partial charge in [0.25, 0.3) is 0 Å². The number of para-hydroxylation sites is 1. The molecule has 1 heterocycles. The van der Waals surface area contributed by atoms with E-state index in [0.717, 1.165) is 5.56 Å². The molecule has 18 heavy (non-hydrogen) atoms. The summed E-state index contributed by atoms with van der Waals surface area (Å²) in [4.78, 5) is 10.9.